The molecule has 0 saturated carbocycles. The van der Waals surface area contributed by atoms with Gasteiger partial charge in [-0.3, -0.25) is 4.79 Å². The standard InChI is InChI=1S/C8H7BrClNO/c1-5-2-6(9)3-7(10)8(5)11-4-12/h2-4H,1H3,(H,11,12). The van der Waals surface area contributed by atoms with Crippen molar-refractivity contribution in [2.75, 3.05) is 5.32 Å². The van der Waals surface area contributed by atoms with Crippen molar-refractivity contribution in [1.29, 1.82) is 0 Å². The predicted octanol–water partition coefficient (Wildman–Crippen LogP) is 2.98. The Kier molecular flexibility index (Phi) is 3.12. The maximum atomic E-state index is 10.2. The quantitative estimate of drug-likeness (QED) is 0.801. The van der Waals surface area contributed by atoms with Crippen molar-refractivity contribution in [3.8, 4) is 0 Å². The van der Waals surface area contributed by atoms with Crippen molar-refractivity contribution in [3.05, 3.63) is 27.2 Å². The van der Waals surface area contributed by atoms with Gasteiger partial charge in [0.05, 0.1) is 10.7 Å². The summed E-state index contributed by atoms with van der Waals surface area (Å²) in [4.78, 5) is 10.2. The van der Waals surface area contributed by atoms with Crippen molar-refractivity contribution in [3.63, 3.8) is 0 Å². The third-order valence-corrected chi connectivity index (χ3v) is 2.21. The van der Waals surface area contributed by atoms with E-state index in [0.29, 0.717) is 17.1 Å². The minimum atomic E-state index is 0.536. The van der Waals surface area contributed by atoms with Crippen LogP contribution in [0.25, 0.3) is 0 Å². The van der Waals surface area contributed by atoms with Crippen molar-refractivity contribution < 1.29 is 4.79 Å². The minimum Gasteiger partial charge on any atom is -0.327 e. The van der Waals surface area contributed by atoms with Gasteiger partial charge < -0.3 is 5.32 Å². The highest BCUT2D eigenvalue weighted by Crippen LogP contribution is 2.29. The third-order valence-electron chi connectivity index (χ3n) is 1.46. The molecule has 0 atom stereocenters. The number of aryl methyl sites for hydroxylation is 1. The summed E-state index contributed by atoms with van der Waals surface area (Å²) in [6, 6.07) is 3.62. The van der Waals surface area contributed by atoms with Gasteiger partial charge in [0.25, 0.3) is 0 Å². The Balaban J connectivity index is 3.18. The molecule has 1 amide bonds. The van der Waals surface area contributed by atoms with Crippen LogP contribution in [0.2, 0.25) is 5.02 Å². The van der Waals surface area contributed by atoms with Gasteiger partial charge in [-0.15, -0.1) is 0 Å². The monoisotopic (exact) mass is 247 g/mol. The van der Waals surface area contributed by atoms with Gasteiger partial charge in [-0.25, -0.2) is 0 Å². The fraction of sp³-hybridized carbons (Fsp3) is 0.125. The molecule has 0 saturated heterocycles. The highest BCUT2D eigenvalue weighted by atomic mass is 79.9. The van der Waals surface area contributed by atoms with Crippen LogP contribution in [0.5, 0.6) is 0 Å². The largest absolute Gasteiger partial charge is 0.327 e. The van der Waals surface area contributed by atoms with Crippen molar-refractivity contribution in [2.24, 2.45) is 0 Å². The fourth-order valence-corrected chi connectivity index (χ4v) is 1.97. The van der Waals surface area contributed by atoms with Crippen LogP contribution < -0.4 is 5.32 Å². The van der Waals surface area contributed by atoms with Crippen molar-refractivity contribution in [1.82, 2.24) is 0 Å². The molecule has 0 aliphatic heterocycles. The molecule has 0 aromatic heterocycles. The van der Waals surface area contributed by atoms with Crippen LogP contribution in [0.4, 0.5) is 5.69 Å². The van der Waals surface area contributed by atoms with E-state index in [0.717, 1.165) is 10.0 Å². The molecule has 0 aliphatic carbocycles. The SMILES string of the molecule is Cc1cc(Br)cc(Cl)c1NC=O. The van der Waals surface area contributed by atoms with Crippen LogP contribution in [0.15, 0.2) is 16.6 Å². The molecule has 64 valence electrons. The summed E-state index contributed by atoms with van der Waals surface area (Å²) in [5.41, 5.74) is 1.59. The van der Waals surface area contributed by atoms with E-state index in [2.05, 4.69) is 21.2 Å². The smallest absolute Gasteiger partial charge is 0.211 e. The Labute approximate surface area is 84.0 Å². The van der Waals surface area contributed by atoms with Crippen LogP contribution in [0, 0.1) is 6.92 Å². The number of rotatable bonds is 2. The number of halogens is 2. The fourth-order valence-electron chi connectivity index (χ4n) is 0.944. The van der Waals surface area contributed by atoms with Crippen LogP contribution in [0.1, 0.15) is 5.56 Å². The zero-order valence-corrected chi connectivity index (χ0v) is 8.74. The van der Waals surface area contributed by atoms with E-state index < -0.39 is 0 Å². The number of hydrogen-bond donors (Lipinski definition) is 1. The Bertz CT molecular complexity index is 291. The van der Waals surface area contributed by atoms with Crippen LogP contribution in [-0.4, -0.2) is 6.41 Å². The maximum Gasteiger partial charge on any atom is 0.211 e. The third kappa shape index (κ3) is 1.99. The van der Waals surface area contributed by atoms with E-state index in [-0.39, 0.29) is 0 Å². The molecule has 1 aromatic carbocycles. The Morgan fingerprint density at radius 2 is 2.25 bits per heavy atom. The lowest BCUT2D eigenvalue weighted by molar-refractivity contribution is -0.105. The molecule has 0 fully saturated rings. The van der Waals surface area contributed by atoms with Crippen molar-refractivity contribution in [2.45, 2.75) is 6.92 Å². The summed E-state index contributed by atoms with van der Waals surface area (Å²) in [6.45, 7) is 1.88. The molecule has 12 heavy (non-hydrogen) atoms. The Morgan fingerprint density at radius 1 is 1.58 bits per heavy atom. The van der Waals surface area contributed by atoms with Gasteiger partial charge in [0, 0.05) is 4.47 Å². The average Bonchev–Trinajstić information content (AvgIpc) is 1.96. The van der Waals surface area contributed by atoms with Gasteiger partial charge in [0.2, 0.25) is 6.41 Å². The molecule has 0 bridgehead atoms. The molecule has 1 rings (SSSR count). The summed E-state index contributed by atoms with van der Waals surface area (Å²) in [5, 5.41) is 3.07. The first-order chi connectivity index (χ1) is 5.65. The first kappa shape index (κ1) is 9.55. The molecule has 1 aromatic rings. The average molecular weight is 249 g/mol. The van der Waals surface area contributed by atoms with E-state index in [9.17, 15) is 4.79 Å². The van der Waals surface area contributed by atoms with E-state index in [4.69, 9.17) is 11.6 Å². The highest BCUT2D eigenvalue weighted by molar-refractivity contribution is 9.10. The van der Waals surface area contributed by atoms with Gasteiger partial charge >= 0.3 is 0 Å². The van der Waals surface area contributed by atoms with E-state index in [1.807, 2.05) is 13.0 Å². The van der Waals surface area contributed by atoms with E-state index in [1.54, 1.807) is 6.07 Å². The van der Waals surface area contributed by atoms with Gasteiger partial charge in [-0.05, 0) is 24.6 Å². The number of carbonyl (C=O) groups excluding carboxylic acids is 1. The zero-order valence-electron chi connectivity index (χ0n) is 6.40. The molecule has 0 heterocycles. The zero-order chi connectivity index (χ0) is 9.14. The number of anilines is 1. The number of carbonyl (C=O) groups is 1. The lowest BCUT2D eigenvalue weighted by Crippen LogP contribution is -1.97. The van der Waals surface area contributed by atoms with Gasteiger partial charge in [-0.1, -0.05) is 27.5 Å². The normalized spacial score (nSPS) is 9.58. The van der Waals surface area contributed by atoms with Crippen molar-refractivity contribution >= 4 is 39.6 Å². The first-order valence-electron chi connectivity index (χ1n) is 3.31. The second-order valence-electron chi connectivity index (χ2n) is 2.34. The summed E-state index contributed by atoms with van der Waals surface area (Å²) in [5.74, 6) is 0. The Morgan fingerprint density at radius 3 is 2.75 bits per heavy atom. The first-order valence-corrected chi connectivity index (χ1v) is 4.48. The summed E-state index contributed by atoms with van der Waals surface area (Å²) in [7, 11) is 0. The molecular weight excluding hydrogens is 241 g/mol. The second kappa shape index (κ2) is 3.92. The summed E-state index contributed by atoms with van der Waals surface area (Å²) < 4.78 is 0.904. The van der Waals surface area contributed by atoms with Crippen LogP contribution in [-0.2, 0) is 4.79 Å². The molecule has 4 heteroatoms. The molecule has 0 aliphatic rings. The number of hydrogen-bond acceptors (Lipinski definition) is 1. The number of benzene rings is 1. The van der Waals surface area contributed by atoms with Gasteiger partial charge in [-0.2, -0.15) is 0 Å². The van der Waals surface area contributed by atoms with Gasteiger partial charge in [0.1, 0.15) is 0 Å². The number of nitrogens with one attached hydrogen (secondary N) is 1. The molecule has 1 N–H and O–H groups in total. The summed E-state index contributed by atoms with van der Waals surface area (Å²) >= 11 is 9.16. The van der Waals surface area contributed by atoms with E-state index in [1.165, 1.54) is 0 Å². The molecule has 0 unspecified atom stereocenters. The minimum absolute atomic E-state index is 0.536. The van der Waals surface area contributed by atoms with Crippen LogP contribution in [0.3, 0.4) is 0 Å². The van der Waals surface area contributed by atoms with E-state index >= 15 is 0 Å². The number of amides is 1. The lowest BCUT2D eigenvalue weighted by Gasteiger charge is -2.06. The highest BCUT2D eigenvalue weighted by Gasteiger charge is 2.03. The maximum absolute atomic E-state index is 10.2. The van der Waals surface area contributed by atoms with Crippen LogP contribution >= 0.6 is 27.5 Å². The Hall–Kier alpha value is -0.540. The summed E-state index contributed by atoms with van der Waals surface area (Å²) in [6.07, 6.45) is 0.613. The topological polar surface area (TPSA) is 29.1 Å². The molecular formula is C8H7BrClNO. The lowest BCUT2D eigenvalue weighted by atomic mass is 10.2. The second-order valence-corrected chi connectivity index (χ2v) is 3.66. The predicted molar refractivity (Wildman–Crippen MR) is 53.6 cm³/mol. The molecule has 0 spiro atoms. The van der Waals surface area contributed by atoms with Gasteiger partial charge in [0.15, 0.2) is 0 Å². The molecule has 0 radical (unpaired) electrons. The molecule has 2 nitrogen and oxygen atoms in total.